The summed E-state index contributed by atoms with van der Waals surface area (Å²) >= 11 is 1.12. The highest BCUT2D eigenvalue weighted by molar-refractivity contribution is 7.90. The average molecular weight is 432 g/mol. The zero-order chi connectivity index (χ0) is 20.8. The van der Waals surface area contributed by atoms with Crippen LogP contribution in [-0.4, -0.2) is 35.1 Å². The van der Waals surface area contributed by atoms with Crippen molar-refractivity contribution in [3.63, 3.8) is 0 Å². The van der Waals surface area contributed by atoms with Gasteiger partial charge >= 0.3 is 0 Å². The molecule has 1 N–H and O–H groups in total. The second-order valence-corrected chi connectivity index (χ2v) is 9.35. The summed E-state index contributed by atoms with van der Waals surface area (Å²) in [5.74, 6) is -1.09. The van der Waals surface area contributed by atoms with Crippen molar-refractivity contribution < 1.29 is 17.6 Å². The van der Waals surface area contributed by atoms with Gasteiger partial charge in [-0.2, -0.15) is 0 Å². The fraction of sp³-hybridized carbons (Fsp3) is 0.111. The van der Waals surface area contributed by atoms with Gasteiger partial charge in [0.2, 0.25) is 5.91 Å². The van der Waals surface area contributed by atoms with Crippen LogP contribution in [0.2, 0.25) is 0 Å². The summed E-state index contributed by atoms with van der Waals surface area (Å²) in [5.41, 5.74) is 0.338. The molecule has 0 bridgehead atoms. The van der Waals surface area contributed by atoms with Crippen LogP contribution < -0.4 is 10.9 Å². The van der Waals surface area contributed by atoms with Crippen molar-refractivity contribution in [2.45, 2.75) is 11.4 Å². The highest BCUT2D eigenvalue weighted by Crippen LogP contribution is 2.28. The van der Waals surface area contributed by atoms with E-state index < -0.39 is 27.1 Å². The molecule has 2 aromatic heterocycles. The first-order valence-corrected chi connectivity index (χ1v) is 11.0. The van der Waals surface area contributed by atoms with Crippen molar-refractivity contribution in [3.8, 4) is 0 Å². The molecule has 4 rings (SSSR count). The number of halogens is 1. The Labute approximate surface area is 167 Å². The summed E-state index contributed by atoms with van der Waals surface area (Å²) in [6.45, 7) is -0.331. The lowest BCUT2D eigenvalue weighted by atomic mass is 10.2. The van der Waals surface area contributed by atoms with E-state index in [1.807, 2.05) is 0 Å². The van der Waals surface area contributed by atoms with E-state index in [1.54, 1.807) is 6.07 Å². The summed E-state index contributed by atoms with van der Waals surface area (Å²) in [5, 5.41) is 2.93. The molecule has 0 spiro atoms. The van der Waals surface area contributed by atoms with Crippen molar-refractivity contribution in [1.82, 2.24) is 14.5 Å². The Bertz CT molecular complexity index is 1440. The summed E-state index contributed by atoms with van der Waals surface area (Å²) in [7, 11) is -3.35. The first kappa shape index (κ1) is 19.2. The normalized spacial score (nSPS) is 11.8. The molecule has 0 aliphatic carbocycles. The van der Waals surface area contributed by atoms with Gasteiger partial charge in [-0.05, 0) is 36.4 Å². The van der Waals surface area contributed by atoms with E-state index in [9.17, 15) is 22.4 Å². The van der Waals surface area contributed by atoms with Gasteiger partial charge in [0.05, 0.1) is 32.3 Å². The van der Waals surface area contributed by atoms with Gasteiger partial charge in [-0.3, -0.25) is 14.2 Å². The molecule has 0 aliphatic rings. The molecule has 148 valence electrons. The maximum absolute atomic E-state index is 13.4. The number of hydrogen-bond acceptors (Lipinski definition) is 7. The van der Waals surface area contributed by atoms with Gasteiger partial charge in [-0.25, -0.2) is 22.8 Å². The monoisotopic (exact) mass is 432 g/mol. The van der Waals surface area contributed by atoms with Crippen molar-refractivity contribution >= 4 is 53.3 Å². The highest BCUT2D eigenvalue weighted by atomic mass is 32.2. The van der Waals surface area contributed by atoms with Crippen LogP contribution in [0.25, 0.3) is 21.1 Å². The number of nitrogens with zero attached hydrogens (tertiary/aromatic N) is 3. The molecule has 11 heteroatoms. The molecule has 2 aromatic carbocycles. The molecule has 0 saturated heterocycles. The molecule has 4 aromatic rings. The number of amides is 1. The van der Waals surface area contributed by atoms with Crippen LogP contribution in [0.4, 0.5) is 9.52 Å². The number of anilines is 1. The Hall–Kier alpha value is -3.18. The molecular formula is C18H13FN4O4S2. The SMILES string of the molecule is CS(=O)(=O)c1ccc2nc(NC(=O)Cn3cnc4ccc(F)cc4c3=O)sc2c1. The molecule has 1 amide bonds. The number of aromatic nitrogens is 3. The highest BCUT2D eigenvalue weighted by Gasteiger charge is 2.13. The lowest BCUT2D eigenvalue weighted by Gasteiger charge is -2.06. The van der Waals surface area contributed by atoms with Crippen molar-refractivity contribution in [1.29, 1.82) is 0 Å². The molecule has 0 unspecified atom stereocenters. The molecule has 2 heterocycles. The Kier molecular flexibility index (Phi) is 4.63. The number of carbonyl (C=O) groups is 1. The minimum absolute atomic E-state index is 0.0774. The molecular weight excluding hydrogens is 419 g/mol. The van der Waals surface area contributed by atoms with Crippen LogP contribution in [0, 0.1) is 5.82 Å². The molecule has 0 aliphatic heterocycles. The third-order valence-corrected chi connectivity index (χ3v) is 6.18. The van der Waals surface area contributed by atoms with E-state index in [0.29, 0.717) is 15.7 Å². The second kappa shape index (κ2) is 7.01. The second-order valence-electron chi connectivity index (χ2n) is 6.31. The minimum atomic E-state index is -3.35. The number of sulfone groups is 1. The van der Waals surface area contributed by atoms with Crippen molar-refractivity contribution in [3.05, 3.63) is 58.9 Å². The van der Waals surface area contributed by atoms with E-state index >= 15 is 0 Å². The van der Waals surface area contributed by atoms with Gasteiger partial charge in [0, 0.05) is 6.26 Å². The lowest BCUT2D eigenvalue weighted by Crippen LogP contribution is -2.27. The first-order chi connectivity index (χ1) is 13.7. The van der Waals surface area contributed by atoms with Crippen LogP contribution in [0.3, 0.4) is 0 Å². The van der Waals surface area contributed by atoms with Crippen molar-refractivity contribution in [2.75, 3.05) is 11.6 Å². The van der Waals surface area contributed by atoms with Gasteiger partial charge in [-0.15, -0.1) is 0 Å². The standard InChI is InChI=1S/C18H13FN4O4S2/c1-29(26,27)11-3-5-14-15(7-11)28-18(21-14)22-16(24)8-23-9-20-13-4-2-10(19)6-12(13)17(23)25/h2-7,9H,8H2,1H3,(H,21,22,24). The predicted molar refractivity (Wildman–Crippen MR) is 107 cm³/mol. The Morgan fingerprint density at radius 2 is 1.97 bits per heavy atom. The number of hydrogen-bond donors (Lipinski definition) is 1. The number of fused-ring (bicyclic) bond motifs is 2. The molecule has 0 radical (unpaired) electrons. The molecule has 8 nitrogen and oxygen atoms in total. The third kappa shape index (κ3) is 3.87. The van der Waals surface area contributed by atoms with E-state index in [4.69, 9.17) is 0 Å². The smallest absolute Gasteiger partial charge is 0.261 e. The zero-order valence-corrected chi connectivity index (χ0v) is 16.6. The first-order valence-electron chi connectivity index (χ1n) is 8.26. The number of benzene rings is 2. The van der Waals surface area contributed by atoms with Crippen LogP contribution in [0.15, 0.2) is 52.4 Å². The fourth-order valence-electron chi connectivity index (χ4n) is 2.75. The number of carbonyl (C=O) groups excluding carboxylic acids is 1. The van der Waals surface area contributed by atoms with Crippen LogP contribution in [0.5, 0.6) is 0 Å². The zero-order valence-electron chi connectivity index (χ0n) is 14.9. The maximum Gasteiger partial charge on any atom is 0.261 e. The summed E-state index contributed by atoms with van der Waals surface area (Å²) < 4.78 is 38.4. The molecule has 0 saturated carbocycles. The summed E-state index contributed by atoms with van der Waals surface area (Å²) in [4.78, 5) is 33.2. The minimum Gasteiger partial charge on any atom is -0.300 e. The maximum atomic E-state index is 13.4. The van der Waals surface area contributed by atoms with Gasteiger partial charge in [-0.1, -0.05) is 11.3 Å². The largest absolute Gasteiger partial charge is 0.300 e. The van der Waals surface area contributed by atoms with Crippen LogP contribution >= 0.6 is 11.3 Å². The summed E-state index contributed by atoms with van der Waals surface area (Å²) in [6.07, 6.45) is 2.33. The quantitative estimate of drug-likeness (QED) is 0.529. The van der Waals surface area contributed by atoms with E-state index in [2.05, 4.69) is 15.3 Å². The predicted octanol–water partition coefficient (Wildman–Crippen LogP) is 2.19. The average Bonchev–Trinajstić information content (AvgIpc) is 3.05. The van der Waals surface area contributed by atoms with Gasteiger partial charge in [0.1, 0.15) is 12.4 Å². The fourth-order valence-corrected chi connectivity index (χ4v) is 4.39. The van der Waals surface area contributed by atoms with E-state index in [0.717, 1.165) is 28.2 Å². The Morgan fingerprint density at radius 1 is 1.21 bits per heavy atom. The summed E-state index contributed by atoms with van der Waals surface area (Å²) in [6, 6.07) is 8.17. The number of rotatable bonds is 4. The Morgan fingerprint density at radius 3 is 2.72 bits per heavy atom. The Balaban J connectivity index is 1.58. The molecule has 0 atom stereocenters. The number of thiazole rings is 1. The van der Waals surface area contributed by atoms with Gasteiger partial charge < -0.3 is 5.32 Å². The van der Waals surface area contributed by atoms with E-state index in [-0.39, 0.29) is 22.0 Å². The lowest BCUT2D eigenvalue weighted by molar-refractivity contribution is -0.116. The number of nitrogens with one attached hydrogen (secondary N) is 1. The molecule has 0 fully saturated rings. The van der Waals surface area contributed by atoms with Gasteiger partial charge in [0.25, 0.3) is 5.56 Å². The third-order valence-electron chi connectivity index (χ3n) is 4.13. The van der Waals surface area contributed by atoms with Crippen LogP contribution in [-0.2, 0) is 21.2 Å². The topological polar surface area (TPSA) is 111 Å². The van der Waals surface area contributed by atoms with Gasteiger partial charge in [0.15, 0.2) is 15.0 Å². The van der Waals surface area contributed by atoms with Crippen molar-refractivity contribution in [2.24, 2.45) is 0 Å². The van der Waals surface area contributed by atoms with E-state index in [1.165, 1.54) is 30.6 Å². The van der Waals surface area contributed by atoms with Crippen LogP contribution in [0.1, 0.15) is 0 Å². The molecule has 29 heavy (non-hydrogen) atoms.